The molecular weight excluding hydrogens is 226 g/mol. The Morgan fingerprint density at radius 2 is 1.83 bits per heavy atom. The molecule has 1 saturated carbocycles. The Balaban J connectivity index is 1.73. The van der Waals surface area contributed by atoms with Gasteiger partial charge in [0.2, 0.25) is 0 Å². The zero-order chi connectivity index (χ0) is 12.5. The summed E-state index contributed by atoms with van der Waals surface area (Å²) in [6, 6.07) is 10.5. The van der Waals surface area contributed by atoms with Gasteiger partial charge in [-0.25, -0.2) is 0 Å². The number of rotatable bonds is 3. The largest absolute Gasteiger partial charge is 0.389 e. The van der Waals surface area contributed by atoms with E-state index in [0.717, 1.165) is 6.54 Å². The maximum atomic E-state index is 10.1. The Bertz CT molecular complexity index is 391. The molecule has 3 heteroatoms. The molecule has 2 aliphatic rings. The Hall–Kier alpha value is -0.900. The molecule has 0 bridgehead atoms. The summed E-state index contributed by atoms with van der Waals surface area (Å²) in [5.41, 5.74) is 1.25. The molecule has 0 spiro atoms. The zero-order valence-electron chi connectivity index (χ0n) is 10.6. The Labute approximate surface area is 108 Å². The quantitative estimate of drug-likeness (QED) is 0.848. The molecule has 1 unspecified atom stereocenters. The number of aliphatic hydroxyl groups is 2. The van der Waals surface area contributed by atoms with Crippen LogP contribution in [0.4, 0.5) is 0 Å². The molecule has 98 valence electrons. The van der Waals surface area contributed by atoms with Crippen molar-refractivity contribution < 1.29 is 10.2 Å². The molecule has 3 rings (SSSR count). The fraction of sp³-hybridized carbons (Fsp3) is 0.600. The third-order valence-corrected chi connectivity index (χ3v) is 4.45. The molecule has 2 N–H and O–H groups in total. The van der Waals surface area contributed by atoms with Crippen LogP contribution in [0.15, 0.2) is 30.3 Å². The second-order valence-electron chi connectivity index (χ2n) is 5.65. The van der Waals surface area contributed by atoms with E-state index >= 15 is 0 Å². The predicted molar refractivity (Wildman–Crippen MR) is 70.0 cm³/mol. The van der Waals surface area contributed by atoms with Crippen LogP contribution in [-0.2, 0) is 6.54 Å². The van der Waals surface area contributed by atoms with E-state index in [4.69, 9.17) is 0 Å². The summed E-state index contributed by atoms with van der Waals surface area (Å²) in [7, 11) is 0. The van der Waals surface area contributed by atoms with Crippen molar-refractivity contribution in [1.29, 1.82) is 0 Å². The van der Waals surface area contributed by atoms with E-state index < -0.39 is 12.2 Å². The van der Waals surface area contributed by atoms with Gasteiger partial charge in [0, 0.05) is 19.1 Å². The molecule has 1 aliphatic carbocycles. The van der Waals surface area contributed by atoms with E-state index in [-0.39, 0.29) is 6.04 Å². The van der Waals surface area contributed by atoms with Gasteiger partial charge in [-0.3, -0.25) is 4.90 Å². The third kappa shape index (κ3) is 2.18. The van der Waals surface area contributed by atoms with Gasteiger partial charge >= 0.3 is 0 Å². The van der Waals surface area contributed by atoms with Crippen molar-refractivity contribution >= 4 is 0 Å². The lowest BCUT2D eigenvalue weighted by molar-refractivity contribution is 0.00603. The maximum absolute atomic E-state index is 10.1. The first-order valence-electron chi connectivity index (χ1n) is 6.90. The fourth-order valence-electron chi connectivity index (χ4n) is 3.26. The highest BCUT2D eigenvalue weighted by Crippen LogP contribution is 2.38. The number of β-amino-alcohol motifs (C(OH)–C–C–N with tert-alkyl or cyclic N) is 1. The topological polar surface area (TPSA) is 43.7 Å². The molecule has 0 aromatic heterocycles. The first-order chi connectivity index (χ1) is 8.75. The summed E-state index contributed by atoms with van der Waals surface area (Å²) in [5.74, 6) is 0.570. The van der Waals surface area contributed by atoms with Crippen molar-refractivity contribution in [2.24, 2.45) is 5.92 Å². The lowest BCUT2D eigenvalue weighted by atomic mass is 9.77. The zero-order valence-corrected chi connectivity index (χ0v) is 10.6. The summed E-state index contributed by atoms with van der Waals surface area (Å²) in [4.78, 5) is 2.26. The van der Waals surface area contributed by atoms with Crippen LogP contribution >= 0.6 is 0 Å². The molecule has 1 heterocycles. The summed E-state index contributed by atoms with van der Waals surface area (Å²) in [6.07, 6.45) is 2.50. The first kappa shape index (κ1) is 12.2. The van der Waals surface area contributed by atoms with E-state index in [9.17, 15) is 10.2 Å². The second-order valence-corrected chi connectivity index (χ2v) is 5.65. The van der Waals surface area contributed by atoms with E-state index in [0.29, 0.717) is 12.5 Å². The summed E-state index contributed by atoms with van der Waals surface area (Å²) in [6.45, 7) is 1.42. The molecule has 0 radical (unpaired) electrons. The Morgan fingerprint density at radius 3 is 2.44 bits per heavy atom. The van der Waals surface area contributed by atoms with Crippen molar-refractivity contribution in [3.8, 4) is 0 Å². The Kier molecular flexibility index (Phi) is 3.37. The molecule has 1 saturated heterocycles. The average molecular weight is 247 g/mol. The van der Waals surface area contributed by atoms with Gasteiger partial charge in [0.05, 0.1) is 12.2 Å². The Morgan fingerprint density at radius 1 is 1.11 bits per heavy atom. The van der Waals surface area contributed by atoms with E-state index in [1.807, 2.05) is 18.2 Å². The molecule has 18 heavy (non-hydrogen) atoms. The van der Waals surface area contributed by atoms with Crippen molar-refractivity contribution in [2.75, 3.05) is 6.54 Å². The standard InChI is InChI=1S/C15H21NO2/c17-13-10-16(9-11-5-2-1-3-6-11)14(15(13)18)12-7-4-8-12/h1-3,5-6,12-15,17-18H,4,7-10H2/t13-,14?,15+/m1/s1. The van der Waals surface area contributed by atoms with E-state index in [1.165, 1.54) is 24.8 Å². The van der Waals surface area contributed by atoms with Crippen molar-refractivity contribution in [1.82, 2.24) is 4.90 Å². The highest BCUT2D eigenvalue weighted by atomic mass is 16.3. The van der Waals surface area contributed by atoms with Crippen LogP contribution in [-0.4, -0.2) is 39.9 Å². The molecule has 1 aromatic carbocycles. The lowest BCUT2D eigenvalue weighted by Crippen LogP contribution is -2.44. The van der Waals surface area contributed by atoms with Crippen LogP contribution in [0, 0.1) is 5.92 Å². The van der Waals surface area contributed by atoms with Crippen LogP contribution < -0.4 is 0 Å². The van der Waals surface area contributed by atoms with Gasteiger partial charge in [-0.1, -0.05) is 36.8 Å². The van der Waals surface area contributed by atoms with E-state index in [1.54, 1.807) is 0 Å². The third-order valence-electron chi connectivity index (χ3n) is 4.45. The minimum absolute atomic E-state index is 0.147. The normalized spacial score (nSPS) is 33.6. The highest BCUT2D eigenvalue weighted by molar-refractivity contribution is 5.15. The molecular formula is C15H21NO2. The highest BCUT2D eigenvalue weighted by Gasteiger charge is 2.45. The number of hydrogen-bond acceptors (Lipinski definition) is 3. The van der Waals surface area contributed by atoms with E-state index in [2.05, 4.69) is 17.0 Å². The van der Waals surface area contributed by atoms with Crippen molar-refractivity contribution in [2.45, 2.75) is 44.1 Å². The summed E-state index contributed by atoms with van der Waals surface area (Å²) >= 11 is 0. The molecule has 3 atom stereocenters. The monoisotopic (exact) mass is 247 g/mol. The number of aliphatic hydroxyl groups excluding tert-OH is 2. The lowest BCUT2D eigenvalue weighted by Gasteiger charge is -2.38. The number of nitrogens with zero attached hydrogens (tertiary/aromatic N) is 1. The van der Waals surface area contributed by atoms with Crippen molar-refractivity contribution in [3.05, 3.63) is 35.9 Å². The van der Waals surface area contributed by atoms with Gasteiger partial charge in [0.1, 0.15) is 0 Å². The maximum Gasteiger partial charge on any atom is 0.0969 e. The second kappa shape index (κ2) is 5.00. The van der Waals surface area contributed by atoms with Crippen LogP contribution in [0.3, 0.4) is 0 Å². The average Bonchev–Trinajstić information content (AvgIpc) is 2.57. The van der Waals surface area contributed by atoms with Gasteiger partial charge in [-0.05, 0) is 24.3 Å². The van der Waals surface area contributed by atoms with Gasteiger partial charge in [-0.15, -0.1) is 0 Å². The number of benzene rings is 1. The van der Waals surface area contributed by atoms with Crippen LogP contribution in [0.5, 0.6) is 0 Å². The van der Waals surface area contributed by atoms with Gasteiger partial charge in [-0.2, -0.15) is 0 Å². The van der Waals surface area contributed by atoms with Crippen LogP contribution in [0.2, 0.25) is 0 Å². The smallest absolute Gasteiger partial charge is 0.0969 e. The summed E-state index contributed by atoms with van der Waals surface area (Å²) in [5, 5.41) is 20.0. The molecule has 3 nitrogen and oxygen atoms in total. The SMILES string of the molecule is O[C@@H]1CN(Cc2ccccc2)C(C2CCC2)[C@H]1O. The molecule has 1 aliphatic heterocycles. The van der Waals surface area contributed by atoms with Gasteiger partial charge in [0.25, 0.3) is 0 Å². The fourth-order valence-corrected chi connectivity index (χ4v) is 3.26. The minimum Gasteiger partial charge on any atom is -0.389 e. The molecule has 1 aromatic rings. The molecule has 2 fully saturated rings. The molecule has 0 amide bonds. The number of likely N-dealkylation sites (tertiary alicyclic amines) is 1. The van der Waals surface area contributed by atoms with Gasteiger partial charge < -0.3 is 10.2 Å². The summed E-state index contributed by atoms with van der Waals surface area (Å²) < 4.78 is 0. The van der Waals surface area contributed by atoms with Crippen LogP contribution in [0.25, 0.3) is 0 Å². The van der Waals surface area contributed by atoms with Crippen molar-refractivity contribution in [3.63, 3.8) is 0 Å². The number of hydrogen-bond donors (Lipinski definition) is 2. The predicted octanol–water partition coefficient (Wildman–Crippen LogP) is 1.39. The van der Waals surface area contributed by atoms with Gasteiger partial charge in [0.15, 0.2) is 0 Å². The first-order valence-corrected chi connectivity index (χ1v) is 6.90. The minimum atomic E-state index is -0.584. The van der Waals surface area contributed by atoms with Crippen LogP contribution in [0.1, 0.15) is 24.8 Å².